The van der Waals surface area contributed by atoms with Crippen molar-refractivity contribution in [2.75, 3.05) is 6.61 Å². The fourth-order valence-electron chi connectivity index (χ4n) is 3.91. The Balaban J connectivity index is 1.80. The number of fused-ring (bicyclic) bond motifs is 3. The summed E-state index contributed by atoms with van der Waals surface area (Å²) < 4.78 is 6.21. The van der Waals surface area contributed by atoms with Crippen molar-refractivity contribution >= 4 is 27.5 Å². The van der Waals surface area contributed by atoms with Gasteiger partial charge in [0, 0.05) is 5.39 Å². The molecule has 0 radical (unpaired) electrons. The molecule has 0 aliphatic carbocycles. The van der Waals surface area contributed by atoms with E-state index in [4.69, 9.17) is 4.74 Å². The van der Waals surface area contributed by atoms with E-state index >= 15 is 0 Å². The van der Waals surface area contributed by atoms with Gasteiger partial charge in [-0.05, 0) is 65.1 Å². The number of aryl methyl sites for hydroxylation is 1. The molecule has 0 spiro atoms. The van der Waals surface area contributed by atoms with Crippen LogP contribution in [0, 0.1) is 18.8 Å². The van der Waals surface area contributed by atoms with Crippen LogP contribution in [0.5, 0.6) is 5.75 Å². The Bertz CT molecular complexity index is 1000. The highest BCUT2D eigenvalue weighted by Gasteiger charge is 2.11. The largest absolute Gasteiger partial charge is 0.493 e. The van der Waals surface area contributed by atoms with Gasteiger partial charge in [-0.1, -0.05) is 64.3 Å². The van der Waals surface area contributed by atoms with Gasteiger partial charge in [-0.3, -0.25) is 0 Å². The molecule has 1 N–H and O–H groups in total. The Morgan fingerprint density at radius 3 is 2.41 bits per heavy atom. The highest BCUT2D eigenvalue weighted by molar-refractivity contribution is 6.11. The molecule has 0 saturated carbocycles. The van der Waals surface area contributed by atoms with Crippen LogP contribution in [0.1, 0.15) is 62.4 Å². The zero-order valence-corrected chi connectivity index (χ0v) is 18.0. The molecule has 0 amide bonds. The van der Waals surface area contributed by atoms with E-state index < -0.39 is 5.97 Å². The molecular weight excluding hydrogens is 360 g/mol. The monoisotopic (exact) mass is 392 g/mol. The predicted octanol–water partition coefficient (Wildman–Crippen LogP) is 7.23. The fourth-order valence-corrected chi connectivity index (χ4v) is 3.91. The second-order valence-electron chi connectivity index (χ2n) is 8.73. The van der Waals surface area contributed by atoms with Crippen LogP contribution in [0.15, 0.2) is 42.5 Å². The Morgan fingerprint density at radius 1 is 0.931 bits per heavy atom. The molecule has 1 unspecified atom stereocenters. The first-order chi connectivity index (χ1) is 13.8. The van der Waals surface area contributed by atoms with Crippen LogP contribution in [0.3, 0.4) is 0 Å². The maximum atomic E-state index is 11.4. The van der Waals surface area contributed by atoms with Crippen LogP contribution < -0.4 is 4.74 Å². The van der Waals surface area contributed by atoms with Crippen LogP contribution in [0.4, 0.5) is 0 Å². The van der Waals surface area contributed by atoms with E-state index in [9.17, 15) is 9.90 Å². The Labute approximate surface area is 173 Å². The summed E-state index contributed by atoms with van der Waals surface area (Å²) in [5.74, 6) is 1.41. The van der Waals surface area contributed by atoms with Crippen molar-refractivity contribution in [1.29, 1.82) is 0 Å². The number of hydrogen-bond donors (Lipinski definition) is 1. The van der Waals surface area contributed by atoms with Crippen molar-refractivity contribution in [2.24, 2.45) is 11.8 Å². The number of carboxylic acid groups (broad SMARTS) is 1. The molecular formula is C26H32O3. The number of rotatable bonds is 9. The molecule has 3 aromatic rings. The van der Waals surface area contributed by atoms with Crippen molar-refractivity contribution in [2.45, 2.75) is 53.4 Å². The third-order valence-corrected chi connectivity index (χ3v) is 5.65. The number of carbonyl (C=O) groups is 1. The summed E-state index contributed by atoms with van der Waals surface area (Å²) >= 11 is 0. The standard InChI is InChI=1S/C26H32O3/c1-17(2)6-5-7-18(3)12-13-29-25-15-19(4)14-24-22(25)11-10-20-8-9-21(26(27)28)16-23(20)24/h8-11,14-18H,5-7,12-13H2,1-4H3,(H,27,28). The molecule has 0 aliphatic heterocycles. The van der Waals surface area contributed by atoms with Gasteiger partial charge in [0.2, 0.25) is 0 Å². The van der Waals surface area contributed by atoms with Gasteiger partial charge in [0.15, 0.2) is 0 Å². The molecule has 0 heterocycles. The maximum Gasteiger partial charge on any atom is 0.335 e. The topological polar surface area (TPSA) is 46.5 Å². The van der Waals surface area contributed by atoms with E-state index in [0.29, 0.717) is 18.1 Å². The lowest BCUT2D eigenvalue weighted by Crippen LogP contribution is -2.05. The lowest BCUT2D eigenvalue weighted by atomic mass is 9.97. The zero-order valence-electron chi connectivity index (χ0n) is 18.0. The quantitative estimate of drug-likeness (QED) is 0.391. The lowest BCUT2D eigenvalue weighted by molar-refractivity contribution is 0.0697. The van der Waals surface area contributed by atoms with E-state index in [1.807, 2.05) is 12.1 Å². The molecule has 0 bridgehead atoms. The molecule has 3 aromatic carbocycles. The lowest BCUT2D eigenvalue weighted by Gasteiger charge is -2.15. The normalized spacial score (nSPS) is 12.6. The summed E-state index contributed by atoms with van der Waals surface area (Å²) in [6.45, 7) is 9.62. The van der Waals surface area contributed by atoms with Crippen LogP contribution in [-0.2, 0) is 0 Å². The van der Waals surface area contributed by atoms with Gasteiger partial charge in [-0.25, -0.2) is 4.79 Å². The van der Waals surface area contributed by atoms with Gasteiger partial charge in [-0.2, -0.15) is 0 Å². The van der Waals surface area contributed by atoms with Gasteiger partial charge in [0.05, 0.1) is 12.2 Å². The minimum atomic E-state index is -0.903. The van der Waals surface area contributed by atoms with E-state index in [1.54, 1.807) is 12.1 Å². The summed E-state index contributed by atoms with van der Waals surface area (Å²) in [5.41, 5.74) is 1.43. The Kier molecular flexibility index (Phi) is 6.79. The van der Waals surface area contributed by atoms with Crippen LogP contribution in [-0.4, -0.2) is 17.7 Å². The van der Waals surface area contributed by atoms with Crippen molar-refractivity contribution in [3.05, 3.63) is 53.6 Å². The van der Waals surface area contributed by atoms with E-state index in [2.05, 4.69) is 45.9 Å². The average Bonchev–Trinajstić information content (AvgIpc) is 2.67. The molecule has 3 nitrogen and oxygen atoms in total. The van der Waals surface area contributed by atoms with Crippen molar-refractivity contribution in [3.8, 4) is 5.75 Å². The van der Waals surface area contributed by atoms with Crippen molar-refractivity contribution in [1.82, 2.24) is 0 Å². The fraction of sp³-hybridized carbons (Fsp3) is 0.423. The first kappa shape index (κ1) is 21.2. The molecule has 0 fully saturated rings. The summed E-state index contributed by atoms with van der Waals surface area (Å²) in [7, 11) is 0. The highest BCUT2D eigenvalue weighted by Crippen LogP contribution is 2.34. The Morgan fingerprint density at radius 2 is 1.69 bits per heavy atom. The molecule has 0 aliphatic rings. The molecule has 29 heavy (non-hydrogen) atoms. The minimum Gasteiger partial charge on any atom is -0.493 e. The summed E-state index contributed by atoms with van der Waals surface area (Å²) in [6.07, 6.45) is 4.87. The third kappa shape index (κ3) is 5.29. The number of carboxylic acids is 1. The molecule has 3 rings (SSSR count). The van der Waals surface area contributed by atoms with Crippen molar-refractivity contribution < 1.29 is 14.6 Å². The molecule has 0 aromatic heterocycles. The smallest absolute Gasteiger partial charge is 0.335 e. The second-order valence-corrected chi connectivity index (χ2v) is 8.73. The third-order valence-electron chi connectivity index (χ3n) is 5.65. The van der Waals surface area contributed by atoms with E-state index in [0.717, 1.165) is 45.2 Å². The molecule has 1 atom stereocenters. The van der Waals surface area contributed by atoms with Gasteiger partial charge in [-0.15, -0.1) is 0 Å². The first-order valence-corrected chi connectivity index (χ1v) is 10.7. The van der Waals surface area contributed by atoms with Crippen LogP contribution in [0.2, 0.25) is 0 Å². The number of aromatic carboxylic acids is 1. The Hall–Kier alpha value is -2.55. The predicted molar refractivity (Wildman–Crippen MR) is 121 cm³/mol. The maximum absolute atomic E-state index is 11.4. The summed E-state index contributed by atoms with van der Waals surface area (Å²) in [6, 6.07) is 13.6. The summed E-state index contributed by atoms with van der Waals surface area (Å²) in [5, 5.41) is 13.4. The van der Waals surface area contributed by atoms with Crippen LogP contribution >= 0.6 is 0 Å². The molecule has 0 saturated heterocycles. The van der Waals surface area contributed by atoms with Crippen LogP contribution in [0.25, 0.3) is 21.5 Å². The zero-order chi connectivity index (χ0) is 21.0. The molecule has 154 valence electrons. The number of ether oxygens (including phenoxy) is 1. The second kappa shape index (κ2) is 9.30. The van der Waals surface area contributed by atoms with Gasteiger partial charge in [0.25, 0.3) is 0 Å². The SMILES string of the molecule is Cc1cc(OCCC(C)CCCC(C)C)c2ccc3ccc(C(=O)O)cc3c2c1. The summed E-state index contributed by atoms with van der Waals surface area (Å²) in [4.78, 5) is 11.4. The van der Waals surface area contributed by atoms with E-state index in [1.165, 1.54) is 19.3 Å². The average molecular weight is 393 g/mol. The number of hydrogen-bond acceptors (Lipinski definition) is 2. The van der Waals surface area contributed by atoms with E-state index in [-0.39, 0.29) is 0 Å². The van der Waals surface area contributed by atoms with Crippen molar-refractivity contribution in [3.63, 3.8) is 0 Å². The van der Waals surface area contributed by atoms with Gasteiger partial charge >= 0.3 is 5.97 Å². The van der Waals surface area contributed by atoms with Gasteiger partial charge < -0.3 is 9.84 Å². The minimum absolute atomic E-state index is 0.309. The van der Waals surface area contributed by atoms with Gasteiger partial charge in [0.1, 0.15) is 5.75 Å². The first-order valence-electron chi connectivity index (χ1n) is 10.7. The number of benzene rings is 3. The molecule has 3 heteroatoms. The highest BCUT2D eigenvalue weighted by atomic mass is 16.5.